The Morgan fingerprint density at radius 3 is 2.61 bits per heavy atom. The summed E-state index contributed by atoms with van der Waals surface area (Å²) in [4.78, 5) is 24.6. The topological polar surface area (TPSA) is 108 Å². The normalized spacial score (nSPS) is 24.3. The first-order chi connectivity index (χ1) is 15.9. The molecule has 1 aromatic carbocycles. The predicted octanol–water partition coefficient (Wildman–Crippen LogP) is 3.00. The number of nitriles is 1. The summed E-state index contributed by atoms with van der Waals surface area (Å²) in [6.45, 7) is 4.19. The van der Waals surface area contributed by atoms with Gasteiger partial charge >= 0.3 is 0 Å². The Hall–Kier alpha value is -2.89. The molecule has 1 saturated carbocycles. The van der Waals surface area contributed by atoms with E-state index in [1.807, 2.05) is 6.07 Å². The number of anilines is 1. The first-order valence-corrected chi connectivity index (χ1v) is 11.8. The van der Waals surface area contributed by atoms with Crippen LogP contribution in [-0.4, -0.2) is 59.1 Å². The predicted molar refractivity (Wildman–Crippen MR) is 124 cm³/mol. The summed E-state index contributed by atoms with van der Waals surface area (Å²) in [5, 5.41) is 9.45. The first-order valence-electron chi connectivity index (χ1n) is 11.4. The summed E-state index contributed by atoms with van der Waals surface area (Å²) in [6.07, 6.45) is 8.78. The third kappa shape index (κ3) is 4.48. The van der Waals surface area contributed by atoms with Crippen molar-refractivity contribution in [3.8, 4) is 11.8 Å². The standard InChI is InChI=1S/C24H27ClN6O2/c25-20-9-19(4-1-16(20)10-26)33-18-5-2-17(3-6-18)31-14-24(15-31)7-8-30(13-24)22-12-28-21(11-29-22)23(27)32/h1,4,9,11-12,17-18H,2-3,5-8,13-15H2,(H2,27,32). The Kier molecular flexibility index (Phi) is 5.85. The minimum Gasteiger partial charge on any atom is -0.490 e. The van der Waals surface area contributed by atoms with Crippen LogP contribution < -0.4 is 15.4 Å². The number of ether oxygens (including phenoxy) is 1. The molecule has 1 spiro atoms. The van der Waals surface area contributed by atoms with Crippen LogP contribution in [0.25, 0.3) is 0 Å². The number of rotatable bonds is 5. The lowest BCUT2D eigenvalue weighted by Gasteiger charge is -2.53. The molecule has 1 aromatic heterocycles. The van der Waals surface area contributed by atoms with Crippen molar-refractivity contribution in [2.45, 2.75) is 44.2 Å². The molecule has 3 fully saturated rings. The highest BCUT2D eigenvalue weighted by Crippen LogP contribution is 2.43. The number of amides is 1. The number of carbonyl (C=O) groups excluding carboxylic acids is 1. The zero-order valence-electron chi connectivity index (χ0n) is 18.4. The Morgan fingerprint density at radius 1 is 1.18 bits per heavy atom. The van der Waals surface area contributed by atoms with Crippen molar-refractivity contribution in [3.63, 3.8) is 0 Å². The van der Waals surface area contributed by atoms with E-state index in [2.05, 4.69) is 25.8 Å². The molecule has 2 N–H and O–H groups in total. The Bertz CT molecular complexity index is 1070. The van der Waals surface area contributed by atoms with Gasteiger partial charge in [-0.3, -0.25) is 9.69 Å². The average molecular weight is 467 g/mol. The van der Waals surface area contributed by atoms with Crippen molar-refractivity contribution in [3.05, 3.63) is 46.9 Å². The van der Waals surface area contributed by atoms with E-state index in [9.17, 15) is 4.79 Å². The molecule has 3 aliphatic rings. The highest BCUT2D eigenvalue weighted by atomic mass is 35.5. The van der Waals surface area contributed by atoms with Crippen LogP contribution in [0.5, 0.6) is 5.75 Å². The molecule has 0 bridgehead atoms. The summed E-state index contributed by atoms with van der Waals surface area (Å²) < 4.78 is 6.13. The Balaban J connectivity index is 1.09. The summed E-state index contributed by atoms with van der Waals surface area (Å²) >= 11 is 6.13. The molecule has 0 radical (unpaired) electrons. The van der Waals surface area contributed by atoms with E-state index in [1.54, 1.807) is 18.3 Å². The van der Waals surface area contributed by atoms with Gasteiger partial charge in [-0.25, -0.2) is 9.97 Å². The second kappa shape index (κ2) is 8.81. The maximum atomic E-state index is 11.2. The first kappa shape index (κ1) is 21.9. The van der Waals surface area contributed by atoms with E-state index in [4.69, 9.17) is 27.3 Å². The van der Waals surface area contributed by atoms with Crippen LogP contribution >= 0.6 is 11.6 Å². The van der Waals surface area contributed by atoms with E-state index in [0.29, 0.717) is 22.0 Å². The maximum absolute atomic E-state index is 11.2. The number of hydrogen-bond acceptors (Lipinski definition) is 7. The number of nitrogens with zero attached hydrogens (tertiary/aromatic N) is 5. The highest BCUT2D eigenvalue weighted by Gasteiger charge is 2.50. The monoisotopic (exact) mass is 466 g/mol. The largest absolute Gasteiger partial charge is 0.490 e. The van der Waals surface area contributed by atoms with Crippen molar-refractivity contribution in [1.82, 2.24) is 14.9 Å². The van der Waals surface area contributed by atoms with Crippen LogP contribution in [-0.2, 0) is 0 Å². The summed E-state index contributed by atoms with van der Waals surface area (Å²) in [5.41, 5.74) is 6.26. The number of nitrogens with two attached hydrogens (primary N) is 1. The number of primary amides is 1. The smallest absolute Gasteiger partial charge is 0.268 e. The van der Waals surface area contributed by atoms with E-state index in [1.165, 1.54) is 6.20 Å². The number of likely N-dealkylation sites (tertiary alicyclic amines) is 1. The third-order valence-corrected chi connectivity index (χ3v) is 7.57. The number of carbonyl (C=O) groups is 1. The lowest BCUT2D eigenvalue weighted by atomic mass is 9.76. The van der Waals surface area contributed by atoms with Gasteiger partial charge in [-0.15, -0.1) is 0 Å². The van der Waals surface area contributed by atoms with Gasteiger partial charge in [0.25, 0.3) is 5.91 Å². The summed E-state index contributed by atoms with van der Waals surface area (Å²) in [6, 6.07) is 7.97. The van der Waals surface area contributed by atoms with Gasteiger partial charge in [0.05, 0.1) is 29.1 Å². The molecule has 2 saturated heterocycles. The number of benzene rings is 1. The lowest BCUT2D eigenvalue weighted by Crippen LogP contribution is -2.61. The van der Waals surface area contributed by atoms with Crippen LogP contribution in [0.2, 0.25) is 5.02 Å². The number of halogens is 1. The van der Waals surface area contributed by atoms with Crippen LogP contribution in [0, 0.1) is 16.7 Å². The molecule has 3 heterocycles. The quantitative estimate of drug-likeness (QED) is 0.721. The van der Waals surface area contributed by atoms with Gasteiger partial charge in [0.1, 0.15) is 23.3 Å². The van der Waals surface area contributed by atoms with Crippen molar-refractivity contribution in [2.75, 3.05) is 31.1 Å². The van der Waals surface area contributed by atoms with E-state index >= 15 is 0 Å². The second-order valence-electron chi connectivity index (χ2n) is 9.50. The molecule has 9 heteroatoms. The minimum atomic E-state index is -0.553. The molecular weight excluding hydrogens is 440 g/mol. The summed E-state index contributed by atoms with van der Waals surface area (Å²) in [5.74, 6) is 1.00. The van der Waals surface area contributed by atoms with E-state index in [0.717, 1.165) is 69.9 Å². The Labute approximate surface area is 198 Å². The SMILES string of the molecule is N#Cc1ccc(OC2CCC(N3CC4(CCN(c5cnc(C(N)=O)cn5)C4)C3)CC2)cc1Cl. The average Bonchev–Trinajstić information content (AvgIpc) is 3.25. The van der Waals surface area contributed by atoms with Crippen LogP contribution in [0.3, 0.4) is 0 Å². The molecule has 2 aromatic rings. The van der Waals surface area contributed by atoms with Crippen LogP contribution in [0.1, 0.15) is 48.2 Å². The van der Waals surface area contributed by atoms with Gasteiger partial charge in [-0.05, 0) is 44.2 Å². The lowest BCUT2D eigenvalue weighted by molar-refractivity contribution is -0.0369. The fourth-order valence-corrected chi connectivity index (χ4v) is 5.67. The third-order valence-electron chi connectivity index (χ3n) is 7.25. The fraction of sp³-hybridized carbons (Fsp3) is 0.500. The van der Waals surface area contributed by atoms with Crippen molar-refractivity contribution >= 4 is 23.3 Å². The van der Waals surface area contributed by atoms with E-state index < -0.39 is 5.91 Å². The Morgan fingerprint density at radius 2 is 1.97 bits per heavy atom. The number of hydrogen-bond donors (Lipinski definition) is 1. The van der Waals surface area contributed by atoms with Gasteiger partial charge in [-0.1, -0.05) is 11.6 Å². The zero-order valence-corrected chi connectivity index (χ0v) is 19.2. The van der Waals surface area contributed by atoms with Gasteiger partial charge in [-0.2, -0.15) is 5.26 Å². The van der Waals surface area contributed by atoms with Gasteiger partial charge in [0.2, 0.25) is 0 Å². The molecule has 33 heavy (non-hydrogen) atoms. The van der Waals surface area contributed by atoms with Gasteiger partial charge < -0.3 is 15.4 Å². The van der Waals surface area contributed by atoms with Gasteiger partial charge in [0.15, 0.2) is 0 Å². The maximum Gasteiger partial charge on any atom is 0.268 e. The molecule has 0 atom stereocenters. The van der Waals surface area contributed by atoms with Crippen molar-refractivity contribution < 1.29 is 9.53 Å². The fourth-order valence-electron chi connectivity index (χ4n) is 5.45. The number of aromatic nitrogens is 2. The van der Waals surface area contributed by atoms with E-state index in [-0.39, 0.29) is 11.8 Å². The van der Waals surface area contributed by atoms with Gasteiger partial charge in [0, 0.05) is 43.7 Å². The molecule has 5 rings (SSSR count). The highest BCUT2D eigenvalue weighted by molar-refractivity contribution is 6.31. The molecular formula is C24H27ClN6O2. The minimum absolute atomic E-state index is 0.198. The van der Waals surface area contributed by atoms with Crippen LogP contribution in [0.4, 0.5) is 5.82 Å². The molecule has 0 unspecified atom stereocenters. The molecule has 1 amide bonds. The molecule has 2 aliphatic heterocycles. The summed E-state index contributed by atoms with van der Waals surface area (Å²) in [7, 11) is 0. The van der Waals surface area contributed by atoms with Crippen molar-refractivity contribution in [2.24, 2.45) is 11.1 Å². The molecule has 172 valence electrons. The second-order valence-corrected chi connectivity index (χ2v) is 9.91. The van der Waals surface area contributed by atoms with Crippen molar-refractivity contribution in [1.29, 1.82) is 5.26 Å². The zero-order chi connectivity index (χ0) is 23.0. The molecule has 1 aliphatic carbocycles. The van der Waals surface area contributed by atoms with Crippen LogP contribution in [0.15, 0.2) is 30.6 Å². The molecule has 8 nitrogen and oxygen atoms in total.